The van der Waals surface area contributed by atoms with E-state index in [-0.39, 0.29) is 23.4 Å². The van der Waals surface area contributed by atoms with E-state index in [0.717, 1.165) is 33.9 Å². The molecule has 0 aliphatic heterocycles. The summed E-state index contributed by atoms with van der Waals surface area (Å²) in [5, 5.41) is 17.9. The predicted molar refractivity (Wildman–Crippen MR) is 173 cm³/mol. The number of aromatic nitrogens is 3. The smallest absolute Gasteiger partial charge is 0.221 e. The van der Waals surface area contributed by atoms with Crippen LogP contribution in [0.1, 0.15) is 54.4 Å². The highest BCUT2D eigenvalue weighted by molar-refractivity contribution is 5.99. The predicted octanol–water partition coefficient (Wildman–Crippen LogP) is 6.47. The van der Waals surface area contributed by atoms with Crippen LogP contribution in [0.25, 0.3) is 16.9 Å². The maximum absolute atomic E-state index is 13.2. The summed E-state index contributed by atoms with van der Waals surface area (Å²) in [4.78, 5) is 29.5. The Morgan fingerprint density at radius 2 is 1.64 bits per heavy atom. The number of aromatic hydroxyl groups is 1. The van der Waals surface area contributed by atoms with Gasteiger partial charge in [0.1, 0.15) is 5.75 Å². The van der Waals surface area contributed by atoms with Gasteiger partial charge in [-0.1, -0.05) is 57.2 Å². The number of nitrogens with two attached hydrogens (primary N) is 1. The molecule has 224 valence electrons. The van der Waals surface area contributed by atoms with Crippen LogP contribution in [0.15, 0.2) is 103 Å². The van der Waals surface area contributed by atoms with E-state index in [4.69, 9.17) is 10.8 Å². The van der Waals surface area contributed by atoms with Crippen molar-refractivity contribution in [2.24, 2.45) is 11.7 Å². The first-order chi connectivity index (χ1) is 21.1. The highest BCUT2D eigenvalue weighted by Crippen LogP contribution is 2.26. The molecule has 0 spiro atoms. The normalized spacial score (nSPS) is 12.1. The number of phenolic OH excluding ortho intramolecular Hbond substituents is 1. The molecular formula is C36H37N5O3. The number of benzene rings is 3. The van der Waals surface area contributed by atoms with Gasteiger partial charge in [0.05, 0.1) is 23.6 Å². The van der Waals surface area contributed by atoms with E-state index in [1.54, 1.807) is 48.8 Å². The van der Waals surface area contributed by atoms with Gasteiger partial charge in [0.25, 0.3) is 0 Å². The number of phenols is 1. The first kappa shape index (κ1) is 30.2. The van der Waals surface area contributed by atoms with Crippen LogP contribution in [0.5, 0.6) is 5.75 Å². The van der Waals surface area contributed by atoms with Crippen LogP contribution in [0.3, 0.4) is 0 Å². The van der Waals surface area contributed by atoms with Gasteiger partial charge < -0.3 is 16.2 Å². The number of hydrogen-bond acceptors (Lipinski definition) is 6. The lowest BCUT2D eigenvalue weighted by molar-refractivity contribution is -0.121. The number of rotatable bonds is 11. The Morgan fingerprint density at radius 1 is 0.932 bits per heavy atom. The second-order valence-electron chi connectivity index (χ2n) is 12.0. The lowest BCUT2D eigenvalue weighted by atomic mass is 9.87. The molecule has 8 nitrogen and oxygen atoms in total. The van der Waals surface area contributed by atoms with Crippen LogP contribution in [0, 0.1) is 5.92 Å². The number of ketones is 1. The fourth-order valence-electron chi connectivity index (χ4n) is 5.06. The molecule has 1 amide bonds. The molecule has 0 radical (unpaired) electrons. The van der Waals surface area contributed by atoms with Crippen LogP contribution in [0.4, 0.5) is 5.69 Å². The monoisotopic (exact) mass is 587 g/mol. The summed E-state index contributed by atoms with van der Waals surface area (Å²) in [6, 6.07) is 28.2. The van der Waals surface area contributed by atoms with E-state index in [0.29, 0.717) is 18.5 Å². The van der Waals surface area contributed by atoms with E-state index < -0.39 is 11.8 Å². The minimum Gasteiger partial charge on any atom is -0.508 e. The van der Waals surface area contributed by atoms with Gasteiger partial charge in [0, 0.05) is 41.5 Å². The molecule has 5 rings (SSSR count). The van der Waals surface area contributed by atoms with Gasteiger partial charge in [-0.3, -0.25) is 14.6 Å². The molecule has 3 aromatic carbocycles. The maximum Gasteiger partial charge on any atom is 0.221 e. The topological polar surface area (TPSA) is 123 Å². The molecule has 0 saturated carbocycles. The van der Waals surface area contributed by atoms with Crippen LogP contribution >= 0.6 is 0 Å². The lowest BCUT2D eigenvalue weighted by Gasteiger charge is -2.19. The second-order valence-corrected chi connectivity index (χ2v) is 12.0. The van der Waals surface area contributed by atoms with Crippen molar-refractivity contribution < 1.29 is 14.7 Å². The Morgan fingerprint density at radius 3 is 2.30 bits per heavy atom. The van der Waals surface area contributed by atoms with E-state index in [2.05, 4.69) is 61.4 Å². The molecule has 2 aromatic heterocycles. The molecule has 1 atom stereocenters. The summed E-state index contributed by atoms with van der Waals surface area (Å²) in [5.41, 5.74) is 12.7. The number of primary amides is 1. The van der Waals surface area contributed by atoms with Gasteiger partial charge in [0.15, 0.2) is 5.78 Å². The maximum atomic E-state index is 13.2. The van der Waals surface area contributed by atoms with Crippen molar-refractivity contribution in [3.63, 3.8) is 0 Å². The van der Waals surface area contributed by atoms with Crippen molar-refractivity contribution in [1.82, 2.24) is 14.8 Å². The summed E-state index contributed by atoms with van der Waals surface area (Å²) in [7, 11) is 0. The Hall–Kier alpha value is -5.24. The van der Waals surface area contributed by atoms with Crippen molar-refractivity contribution >= 4 is 17.4 Å². The molecule has 5 aromatic rings. The van der Waals surface area contributed by atoms with Gasteiger partial charge in [-0.05, 0) is 77.6 Å². The van der Waals surface area contributed by atoms with Gasteiger partial charge >= 0.3 is 0 Å². The zero-order chi connectivity index (χ0) is 31.3. The van der Waals surface area contributed by atoms with Crippen LogP contribution in [0.2, 0.25) is 0 Å². The number of anilines is 1. The molecule has 0 aliphatic rings. The fourth-order valence-corrected chi connectivity index (χ4v) is 5.06. The van der Waals surface area contributed by atoms with Crippen molar-refractivity contribution in [1.29, 1.82) is 0 Å². The first-order valence-electron chi connectivity index (χ1n) is 14.6. The summed E-state index contributed by atoms with van der Waals surface area (Å²) in [6.07, 6.45) is 3.81. The minimum atomic E-state index is -0.658. The number of nitrogens with one attached hydrogen (secondary N) is 1. The molecule has 0 fully saturated rings. The molecule has 4 N–H and O–H groups in total. The molecule has 2 heterocycles. The Bertz CT molecular complexity index is 1740. The molecule has 0 bridgehead atoms. The lowest BCUT2D eigenvalue weighted by Crippen LogP contribution is -2.27. The van der Waals surface area contributed by atoms with E-state index in [1.807, 2.05) is 28.9 Å². The molecule has 44 heavy (non-hydrogen) atoms. The number of Topliss-reactive ketones (excluding diaryl/α,β-unsaturated/α-hetero) is 1. The first-order valence-corrected chi connectivity index (χ1v) is 14.6. The largest absolute Gasteiger partial charge is 0.508 e. The number of carbonyl (C=O) groups is 2. The average Bonchev–Trinajstić information content (AvgIpc) is 3.45. The van der Waals surface area contributed by atoms with E-state index in [1.165, 1.54) is 5.56 Å². The number of pyridine rings is 1. The Labute approximate surface area is 257 Å². The summed E-state index contributed by atoms with van der Waals surface area (Å²) >= 11 is 0. The number of amides is 1. The van der Waals surface area contributed by atoms with Crippen molar-refractivity contribution in [2.75, 3.05) is 5.32 Å². The fraction of sp³-hybridized carbons (Fsp3) is 0.222. The third-order valence-electron chi connectivity index (χ3n) is 7.65. The van der Waals surface area contributed by atoms with Crippen molar-refractivity contribution in [3.8, 4) is 22.7 Å². The second kappa shape index (κ2) is 13.0. The highest BCUT2D eigenvalue weighted by Gasteiger charge is 2.21. The summed E-state index contributed by atoms with van der Waals surface area (Å²) < 4.78 is 1.94. The van der Waals surface area contributed by atoms with Crippen LogP contribution < -0.4 is 11.1 Å². The van der Waals surface area contributed by atoms with Crippen molar-refractivity contribution in [2.45, 2.75) is 45.6 Å². The Balaban J connectivity index is 1.34. The molecule has 0 aliphatic carbocycles. The zero-order valence-electron chi connectivity index (χ0n) is 25.2. The molecule has 8 heteroatoms. The molecule has 0 saturated heterocycles. The third-order valence-corrected chi connectivity index (χ3v) is 7.65. The van der Waals surface area contributed by atoms with Gasteiger partial charge in [-0.15, -0.1) is 0 Å². The van der Waals surface area contributed by atoms with Gasteiger partial charge in [-0.25, -0.2) is 4.68 Å². The van der Waals surface area contributed by atoms with Crippen LogP contribution in [-0.4, -0.2) is 31.6 Å². The zero-order valence-corrected chi connectivity index (χ0v) is 25.2. The molecular weight excluding hydrogens is 550 g/mol. The number of nitrogens with zero attached hydrogens (tertiary/aromatic N) is 3. The van der Waals surface area contributed by atoms with Crippen molar-refractivity contribution in [3.05, 3.63) is 126 Å². The highest BCUT2D eigenvalue weighted by atomic mass is 16.3. The Kier molecular flexibility index (Phi) is 8.90. The van der Waals surface area contributed by atoms with Crippen LogP contribution in [-0.2, 0) is 23.2 Å². The summed E-state index contributed by atoms with van der Waals surface area (Å²) in [6.45, 7) is 7.03. The van der Waals surface area contributed by atoms with E-state index in [9.17, 15) is 14.7 Å². The SMILES string of the molecule is CC(C)(C)c1ccc(-n2nc(-c3ccncc3)cc2CNc2cccc(C(=O)CC(Cc3ccc(O)cc3)C(N)=O)c2)cc1. The quantitative estimate of drug-likeness (QED) is 0.152. The summed E-state index contributed by atoms with van der Waals surface area (Å²) in [5.74, 6) is -1.22. The standard InChI is InChI=1S/C36H37N5O3/c1-36(2,3)28-9-11-30(12-10-28)41-31(22-33(40-41)25-15-17-38-18-16-25)23-39-29-6-4-5-26(20-29)34(43)21-27(35(37)44)19-24-7-13-32(42)14-8-24/h4-18,20,22,27,39,42H,19,21,23H2,1-3H3,(H2,37,44). The third kappa shape index (κ3) is 7.39. The van der Waals surface area contributed by atoms with E-state index >= 15 is 0 Å². The van der Waals surface area contributed by atoms with Gasteiger partial charge in [-0.2, -0.15) is 5.10 Å². The number of carbonyl (C=O) groups excluding carboxylic acids is 2. The number of hydrogen-bond donors (Lipinski definition) is 3. The minimum absolute atomic E-state index is 0.00765. The van der Waals surface area contributed by atoms with Gasteiger partial charge in [0.2, 0.25) is 5.91 Å². The molecule has 1 unspecified atom stereocenters. The average molecular weight is 588 g/mol.